The molecule has 0 saturated carbocycles. The zero-order valence-corrected chi connectivity index (χ0v) is 11.0. The Morgan fingerprint density at radius 1 is 1.06 bits per heavy atom. The fourth-order valence-corrected chi connectivity index (χ4v) is 3.21. The molecule has 16 heavy (non-hydrogen) atoms. The maximum absolute atomic E-state index is 4.59. The van der Waals surface area contributed by atoms with Crippen molar-refractivity contribution in [3.63, 3.8) is 0 Å². The molecular weight excluding hydrogens is 279 g/mol. The molecule has 1 aromatic carbocycles. The number of benzene rings is 1. The van der Waals surface area contributed by atoms with Gasteiger partial charge in [0, 0.05) is 0 Å². The molecule has 0 aliphatic carbocycles. The first-order chi connectivity index (χ1) is 7.84. The second kappa shape index (κ2) is 4.00. The molecule has 0 fully saturated rings. The fraction of sp³-hybridized carbons (Fsp3) is 0. The van der Waals surface area contributed by atoms with Crippen LogP contribution < -0.4 is 4.35 Å². The molecule has 0 aliphatic heterocycles. The Balaban J connectivity index is 2.23. The Labute approximate surface area is 106 Å². The van der Waals surface area contributed by atoms with Crippen LogP contribution in [0.5, 0.6) is 0 Å². The van der Waals surface area contributed by atoms with Gasteiger partial charge < -0.3 is 0 Å². The second-order valence-electron chi connectivity index (χ2n) is 3.36. The minimum absolute atomic E-state index is 0.971. The van der Waals surface area contributed by atoms with Crippen LogP contribution in [-0.2, 0) is 0 Å². The Hall–Kier alpha value is -1.18. The number of nitrogens with zero attached hydrogens (tertiary/aromatic N) is 2. The summed E-state index contributed by atoms with van der Waals surface area (Å²) in [5.74, 6) is 0. The molecule has 3 rings (SSSR count). The molecule has 2 heterocycles. The predicted molar refractivity (Wildman–Crippen MR) is 68.2 cm³/mol. The third kappa shape index (κ3) is 1.66. The first-order valence-electron chi connectivity index (χ1n) is 4.84. The van der Waals surface area contributed by atoms with E-state index in [2.05, 4.69) is 39.0 Å². The fourth-order valence-electron chi connectivity index (χ4n) is 1.54. The molecule has 4 heteroatoms. The Kier molecular flexibility index (Phi) is 2.50. The van der Waals surface area contributed by atoms with E-state index in [1.165, 1.54) is 9.91 Å². The van der Waals surface area contributed by atoms with Gasteiger partial charge in [-0.05, 0) is 0 Å². The molecule has 2 aromatic heterocycles. The van der Waals surface area contributed by atoms with Crippen molar-refractivity contribution in [3.05, 3.63) is 42.6 Å². The van der Waals surface area contributed by atoms with Gasteiger partial charge in [0.15, 0.2) is 0 Å². The van der Waals surface area contributed by atoms with Gasteiger partial charge in [0.2, 0.25) is 0 Å². The number of thiazole rings is 1. The zero-order chi connectivity index (χ0) is 11.0. The summed E-state index contributed by atoms with van der Waals surface area (Å²) in [7, 11) is 0. The van der Waals surface area contributed by atoms with E-state index < -0.39 is 0 Å². The number of rotatable bonds is 1. The standard InChI is InChI=1S/C12H7AsN2S/c13-9-5-2-1-4-8(9)11-15-10-6-3-7-14-12(10)16-11/h1-7H. The van der Waals surface area contributed by atoms with E-state index in [1.54, 1.807) is 17.5 Å². The molecule has 0 aliphatic rings. The van der Waals surface area contributed by atoms with Crippen molar-refractivity contribution in [2.45, 2.75) is 0 Å². The number of fused-ring (bicyclic) bond motifs is 1. The summed E-state index contributed by atoms with van der Waals surface area (Å²) in [6, 6.07) is 12.1. The Morgan fingerprint density at radius 3 is 2.75 bits per heavy atom. The van der Waals surface area contributed by atoms with Crippen LogP contribution in [0.15, 0.2) is 42.6 Å². The van der Waals surface area contributed by atoms with Crippen LogP contribution in [0, 0.1) is 0 Å². The van der Waals surface area contributed by atoms with E-state index in [0.29, 0.717) is 0 Å². The van der Waals surface area contributed by atoms with Gasteiger partial charge in [-0.1, -0.05) is 0 Å². The molecule has 2 radical (unpaired) electrons. The molecule has 0 amide bonds. The molecule has 0 atom stereocenters. The van der Waals surface area contributed by atoms with Crippen molar-refractivity contribution in [2.75, 3.05) is 0 Å². The molecule has 0 unspecified atom stereocenters. The Bertz CT molecular complexity index is 615. The summed E-state index contributed by atoms with van der Waals surface area (Å²) in [4.78, 5) is 9.89. The van der Waals surface area contributed by atoms with Crippen molar-refractivity contribution in [2.24, 2.45) is 0 Å². The third-order valence-corrected chi connectivity index (χ3v) is 4.13. The van der Waals surface area contributed by atoms with Crippen LogP contribution in [0.4, 0.5) is 0 Å². The number of aromatic nitrogens is 2. The molecule has 0 saturated heterocycles. The van der Waals surface area contributed by atoms with Crippen LogP contribution in [-0.4, -0.2) is 26.8 Å². The monoisotopic (exact) mass is 286 g/mol. The van der Waals surface area contributed by atoms with Crippen molar-refractivity contribution in [3.8, 4) is 10.6 Å². The molecular formula is C12H7AsN2S. The maximum atomic E-state index is 4.59. The van der Waals surface area contributed by atoms with Crippen molar-refractivity contribution in [1.82, 2.24) is 9.97 Å². The molecule has 0 bridgehead atoms. The van der Waals surface area contributed by atoms with E-state index in [9.17, 15) is 0 Å². The Morgan fingerprint density at radius 2 is 1.94 bits per heavy atom. The topological polar surface area (TPSA) is 25.8 Å². The van der Waals surface area contributed by atoms with Gasteiger partial charge in [0.25, 0.3) is 0 Å². The van der Waals surface area contributed by atoms with Crippen LogP contribution in [0.2, 0.25) is 0 Å². The van der Waals surface area contributed by atoms with Crippen molar-refractivity contribution in [1.29, 1.82) is 0 Å². The summed E-state index contributed by atoms with van der Waals surface area (Å²) in [6.07, 6.45) is 1.80. The van der Waals surface area contributed by atoms with E-state index >= 15 is 0 Å². The van der Waals surface area contributed by atoms with Gasteiger partial charge in [0.1, 0.15) is 0 Å². The normalized spacial score (nSPS) is 10.8. The third-order valence-electron chi connectivity index (χ3n) is 2.30. The SMILES string of the molecule is [As]c1ccccc1-c1nc2cccnc2s1. The summed E-state index contributed by atoms with van der Waals surface area (Å²) in [5, 5.41) is 1.03. The van der Waals surface area contributed by atoms with Gasteiger partial charge in [-0.2, -0.15) is 0 Å². The number of pyridine rings is 1. The van der Waals surface area contributed by atoms with Gasteiger partial charge >= 0.3 is 106 Å². The number of hydrogen-bond acceptors (Lipinski definition) is 3. The molecule has 76 valence electrons. The van der Waals surface area contributed by atoms with Crippen LogP contribution in [0.3, 0.4) is 0 Å². The van der Waals surface area contributed by atoms with Gasteiger partial charge in [0.05, 0.1) is 0 Å². The average Bonchev–Trinajstić information content (AvgIpc) is 2.73. The summed E-state index contributed by atoms with van der Waals surface area (Å²) < 4.78 is 1.19. The van der Waals surface area contributed by atoms with E-state index in [0.717, 1.165) is 15.4 Å². The first-order valence-corrected chi connectivity index (χ1v) is 6.60. The van der Waals surface area contributed by atoms with Crippen LogP contribution in [0.25, 0.3) is 20.9 Å². The number of hydrogen-bond donors (Lipinski definition) is 0. The first kappa shape index (κ1) is 10.0. The van der Waals surface area contributed by atoms with Gasteiger partial charge in [-0.15, -0.1) is 0 Å². The summed E-state index contributed by atoms with van der Waals surface area (Å²) >= 11 is 4.22. The molecule has 0 N–H and O–H groups in total. The van der Waals surface area contributed by atoms with Gasteiger partial charge in [-0.25, -0.2) is 0 Å². The summed E-state index contributed by atoms with van der Waals surface area (Å²) in [6.45, 7) is 0. The summed E-state index contributed by atoms with van der Waals surface area (Å²) in [5.41, 5.74) is 2.14. The predicted octanol–water partition coefficient (Wildman–Crippen LogP) is 2.15. The van der Waals surface area contributed by atoms with E-state index in [4.69, 9.17) is 0 Å². The quantitative estimate of drug-likeness (QED) is 0.641. The van der Waals surface area contributed by atoms with E-state index in [-0.39, 0.29) is 0 Å². The molecule has 0 spiro atoms. The zero-order valence-electron chi connectivity index (χ0n) is 8.29. The molecule has 3 aromatic rings. The van der Waals surface area contributed by atoms with Crippen molar-refractivity contribution >= 4 is 42.9 Å². The minimum atomic E-state index is 0.971. The second-order valence-corrected chi connectivity index (χ2v) is 5.35. The van der Waals surface area contributed by atoms with Gasteiger partial charge in [-0.3, -0.25) is 0 Å². The van der Waals surface area contributed by atoms with Crippen LogP contribution in [0.1, 0.15) is 0 Å². The van der Waals surface area contributed by atoms with Crippen LogP contribution >= 0.6 is 11.3 Å². The molecule has 2 nitrogen and oxygen atoms in total. The van der Waals surface area contributed by atoms with Crippen molar-refractivity contribution < 1.29 is 0 Å². The average molecular weight is 286 g/mol. The van der Waals surface area contributed by atoms with E-state index in [1.807, 2.05) is 24.3 Å².